The molecule has 2 aromatic carbocycles. The largest absolute Gasteiger partial charge is 0.489 e. The Hall–Kier alpha value is -3.42. The molecule has 0 bridgehead atoms. The van der Waals surface area contributed by atoms with Gasteiger partial charge >= 0.3 is 5.97 Å². The Kier molecular flexibility index (Phi) is 6.16. The van der Waals surface area contributed by atoms with Crippen LogP contribution in [-0.2, 0) is 6.42 Å². The lowest BCUT2D eigenvalue weighted by molar-refractivity contribution is 0.0697. The fourth-order valence-electron chi connectivity index (χ4n) is 3.69. The number of nitrogens with zero attached hydrogens (tertiary/aromatic N) is 1. The van der Waals surface area contributed by atoms with E-state index in [0.29, 0.717) is 18.9 Å². The third-order valence-corrected chi connectivity index (χ3v) is 5.46. The molecule has 2 atom stereocenters. The maximum Gasteiger partial charge on any atom is 0.335 e. The summed E-state index contributed by atoms with van der Waals surface area (Å²) in [4.78, 5) is 15.0. The molecular formula is C24H25N3O4. The normalized spacial score (nSPS) is 16.2. The summed E-state index contributed by atoms with van der Waals surface area (Å²) in [6.45, 7) is 1.04. The number of carboxylic acids is 1. The monoisotopic (exact) mass is 419 g/mol. The number of rotatable bonds is 7. The number of hydrogen-bond donors (Lipinski definition) is 4. The lowest BCUT2D eigenvalue weighted by Gasteiger charge is -2.27. The lowest BCUT2D eigenvalue weighted by Crippen LogP contribution is -2.36. The first-order valence-electron chi connectivity index (χ1n) is 10.2. The quantitative estimate of drug-likeness (QED) is 0.465. The lowest BCUT2D eigenvalue weighted by atomic mass is 9.96. The number of ether oxygens (including phenoxy) is 1. The number of aromatic carboxylic acids is 1. The minimum absolute atomic E-state index is 0.0324. The molecule has 0 aliphatic carbocycles. The first-order chi connectivity index (χ1) is 15.0. The van der Waals surface area contributed by atoms with Crippen molar-refractivity contribution in [1.29, 1.82) is 0 Å². The Balaban J connectivity index is 1.32. The van der Waals surface area contributed by atoms with E-state index in [4.69, 9.17) is 15.6 Å². The van der Waals surface area contributed by atoms with Gasteiger partial charge in [0.2, 0.25) is 0 Å². The van der Waals surface area contributed by atoms with Gasteiger partial charge < -0.3 is 26.0 Å². The molecular weight excluding hydrogens is 394 g/mol. The average molecular weight is 419 g/mol. The van der Waals surface area contributed by atoms with Crippen LogP contribution in [0.4, 0.5) is 5.82 Å². The Labute approximate surface area is 180 Å². The van der Waals surface area contributed by atoms with Gasteiger partial charge in [0.15, 0.2) is 0 Å². The van der Waals surface area contributed by atoms with Gasteiger partial charge in [-0.2, -0.15) is 0 Å². The number of fused-ring (bicyclic) bond motifs is 1. The van der Waals surface area contributed by atoms with Gasteiger partial charge in [-0.15, -0.1) is 0 Å². The predicted octanol–water partition coefficient (Wildman–Crippen LogP) is 3.05. The third-order valence-electron chi connectivity index (χ3n) is 5.46. The van der Waals surface area contributed by atoms with Gasteiger partial charge in [0.05, 0.1) is 11.7 Å². The maximum absolute atomic E-state index is 11.0. The number of aliphatic hydroxyl groups is 1. The summed E-state index contributed by atoms with van der Waals surface area (Å²) in [5, 5.41) is 22.6. The summed E-state index contributed by atoms with van der Waals surface area (Å²) in [5.41, 5.74) is 9.73. The van der Waals surface area contributed by atoms with Crippen LogP contribution in [0.5, 0.6) is 5.75 Å². The Morgan fingerprint density at radius 3 is 2.65 bits per heavy atom. The van der Waals surface area contributed by atoms with Crippen LogP contribution in [0, 0.1) is 0 Å². The number of carboxylic acid groups (broad SMARTS) is 1. The highest BCUT2D eigenvalue weighted by atomic mass is 16.5. The highest BCUT2D eigenvalue weighted by Crippen LogP contribution is 2.32. The molecule has 1 aromatic heterocycles. The van der Waals surface area contributed by atoms with Crippen molar-refractivity contribution < 1.29 is 19.7 Å². The van der Waals surface area contributed by atoms with E-state index in [1.54, 1.807) is 30.5 Å². The number of aromatic nitrogens is 1. The predicted molar refractivity (Wildman–Crippen MR) is 118 cm³/mol. The molecule has 0 saturated carbocycles. The number of aryl methyl sites for hydroxylation is 1. The van der Waals surface area contributed by atoms with Crippen LogP contribution in [0.2, 0.25) is 0 Å². The van der Waals surface area contributed by atoms with Gasteiger partial charge in [0.1, 0.15) is 17.7 Å². The van der Waals surface area contributed by atoms with E-state index < -0.39 is 12.1 Å². The van der Waals surface area contributed by atoms with Gasteiger partial charge in [-0.1, -0.05) is 24.3 Å². The highest BCUT2D eigenvalue weighted by Gasteiger charge is 2.20. The van der Waals surface area contributed by atoms with E-state index in [0.717, 1.165) is 40.8 Å². The molecule has 0 radical (unpaired) electrons. The Morgan fingerprint density at radius 2 is 1.94 bits per heavy atom. The van der Waals surface area contributed by atoms with E-state index in [1.807, 2.05) is 24.3 Å². The molecule has 5 N–H and O–H groups in total. The highest BCUT2D eigenvalue weighted by molar-refractivity contribution is 5.88. The molecule has 4 rings (SSSR count). The number of carbonyl (C=O) groups is 1. The second kappa shape index (κ2) is 9.16. The molecule has 3 aromatic rings. The number of nitrogens with one attached hydrogen (secondary N) is 1. The van der Waals surface area contributed by atoms with Gasteiger partial charge in [-0.25, -0.2) is 9.78 Å². The van der Waals surface area contributed by atoms with Crippen LogP contribution in [0.3, 0.4) is 0 Å². The Morgan fingerprint density at radius 1 is 1.16 bits per heavy atom. The topological polar surface area (TPSA) is 118 Å². The standard InChI is InChI=1S/C24H25N3O4/c25-23-10-7-19(12-27-23)21(28)14-26-13-20-8-5-18-11-17(6-9-22(18)31-20)15-1-3-16(4-2-15)24(29)30/h1-4,6-7,9-12,20-21,26,28H,5,8,13-14H2,(H2,25,27)(H,29,30)/t20-,21-/m1/s1. The summed E-state index contributed by atoms with van der Waals surface area (Å²) in [7, 11) is 0. The van der Waals surface area contributed by atoms with E-state index >= 15 is 0 Å². The summed E-state index contributed by atoms with van der Waals surface area (Å²) >= 11 is 0. The SMILES string of the molecule is Nc1ccc([C@H](O)CNC[C@H]2CCc3cc(-c4ccc(C(=O)O)cc4)ccc3O2)cn1. The van der Waals surface area contributed by atoms with Crippen LogP contribution in [0.15, 0.2) is 60.8 Å². The minimum Gasteiger partial charge on any atom is -0.489 e. The van der Waals surface area contributed by atoms with Crippen LogP contribution in [0.25, 0.3) is 11.1 Å². The van der Waals surface area contributed by atoms with Crippen molar-refractivity contribution in [2.45, 2.75) is 25.0 Å². The molecule has 0 spiro atoms. The van der Waals surface area contributed by atoms with E-state index in [1.165, 1.54) is 0 Å². The fraction of sp³-hybridized carbons (Fsp3) is 0.250. The first kappa shape index (κ1) is 20.8. The molecule has 31 heavy (non-hydrogen) atoms. The number of anilines is 1. The number of nitrogen functional groups attached to an aromatic ring is 1. The summed E-state index contributed by atoms with van der Waals surface area (Å²) in [6.07, 6.45) is 2.74. The van der Waals surface area contributed by atoms with Gasteiger partial charge in [-0.3, -0.25) is 0 Å². The molecule has 7 nitrogen and oxygen atoms in total. The molecule has 1 aliphatic heterocycles. The molecule has 0 amide bonds. The second-order valence-electron chi connectivity index (χ2n) is 7.67. The molecule has 1 aliphatic rings. The molecule has 7 heteroatoms. The number of benzene rings is 2. The summed E-state index contributed by atoms with van der Waals surface area (Å²) in [5.74, 6) is 0.369. The van der Waals surface area contributed by atoms with E-state index in [-0.39, 0.29) is 11.7 Å². The summed E-state index contributed by atoms with van der Waals surface area (Å²) < 4.78 is 6.13. The molecule has 2 heterocycles. The van der Waals surface area contributed by atoms with Crippen molar-refractivity contribution in [2.24, 2.45) is 0 Å². The third kappa shape index (κ3) is 5.02. The van der Waals surface area contributed by atoms with Gasteiger partial charge in [-0.05, 0) is 59.9 Å². The summed E-state index contributed by atoms with van der Waals surface area (Å²) in [6, 6.07) is 16.4. The zero-order chi connectivity index (χ0) is 21.8. The average Bonchev–Trinajstić information content (AvgIpc) is 2.79. The van der Waals surface area contributed by atoms with E-state index in [9.17, 15) is 9.90 Å². The Bertz CT molecular complexity index is 1050. The second-order valence-corrected chi connectivity index (χ2v) is 7.67. The number of pyridine rings is 1. The molecule has 0 fully saturated rings. The van der Waals surface area contributed by atoms with Crippen molar-refractivity contribution in [2.75, 3.05) is 18.8 Å². The van der Waals surface area contributed by atoms with Gasteiger partial charge in [0.25, 0.3) is 0 Å². The van der Waals surface area contributed by atoms with Crippen LogP contribution >= 0.6 is 0 Å². The van der Waals surface area contributed by atoms with Crippen molar-refractivity contribution in [3.63, 3.8) is 0 Å². The molecule has 0 unspecified atom stereocenters. The van der Waals surface area contributed by atoms with Crippen molar-refractivity contribution in [3.8, 4) is 16.9 Å². The molecule has 160 valence electrons. The maximum atomic E-state index is 11.0. The smallest absolute Gasteiger partial charge is 0.335 e. The zero-order valence-corrected chi connectivity index (χ0v) is 17.0. The van der Waals surface area contributed by atoms with Crippen LogP contribution in [-0.4, -0.2) is 40.4 Å². The van der Waals surface area contributed by atoms with Crippen LogP contribution in [0.1, 0.15) is 34.0 Å². The van der Waals surface area contributed by atoms with Crippen LogP contribution < -0.4 is 15.8 Å². The zero-order valence-electron chi connectivity index (χ0n) is 17.0. The number of aliphatic hydroxyl groups excluding tert-OH is 1. The molecule has 0 saturated heterocycles. The van der Waals surface area contributed by atoms with E-state index in [2.05, 4.69) is 16.4 Å². The number of nitrogens with two attached hydrogens (primary N) is 1. The number of hydrogen-bond acceptors (Lipinski definition) is 6. The van der Waals surface area contributed by atoms with Crippen molar-refractivity contribution >= 4 is 11.8 Å². The van der Waals surface area contributed by atoms with Crippen molar-refractivity contribution in [1.82, 2.24) is 10.3 Å². The fourth-order valence-corrected chi connectivity index (χ4v) is 3.69. The minimum atomic E-state index is -0.928. The first-order valence-corrected chi connectivity index (χ1v) is 10.2. The van der Waals surface area contributed by atoms with Gasteiger partial charge in [0, 0.05) is 24.8 Å². The van der Waals surface area contributed by atoms with Crippen molar-refractivity contribution in [3.05, 3.63) is 77.5 Å².